The van der Waals surface area contributed by atoms with Crippen molar-refractivity contribution in [1.29, 1.82) is 0 Å². The molecule has 1 saturated heterocycles. The molecule has 8 nitrogen and oxygen atoms in total. The normalized spacial score (nSPS) is 15.6. The second kappa shape index (κ2) is 10.7. The molecule has 0 spiro atoms. The quantitative estimate of drug-likeness (QED) is 0.421. The highest BCUT2D eigenvalue weighted by atomic mass is 35.5. The molecule has 1 atom stereocenters. The van der Waals surface area contributed by atoms with Gasteiger partial charge in [0.2, 0.25) is 0 Å². The number of hydrogen-bond acceptors (Lipinski definition) is 7. The molecule has 2 heterocycles. The highest BCUT2D eigenvalue weighted by Gasteiger charge is 2.25. The summed E-state index contributed by atoms with van der Waals surface area (Å²) in [6.45, 7) is 1.40. The lowest BCUT2D eigenvalue weighted by atomic mass is 10.2. The van der Waals surface area contributed by atoms with Gasteiger partial charge >= 0.3 is 0 Å². The van der Waals surface area contributed by atoms with E-state index in [-0.39, 0.29) is 34.8 Å². The highest BCUT2D eigenvalue weighted by Crippen LogP contribution is 2.36. The van der Waals surface area contributed by atoms with Crippen molar-refractivity contribution in [2.24, 2.45) is 0 Å². The van der Waals surface area contributed by atoms with E-state index in [1.165, 1.54) is 36.9 Å². The first-order valence-electron chi connectivity index (χ1n) is 10.0. The summed E-state index contributed by atoms with van der Waals surface area (Å²) < 4.78 is 56.3. The van der Waals surface area contributed by atoms with Gasteiger partial charge in [-0.3, -0.25) is 4.72 Å². The molecule has 1 aromatic heterocycles. The van der Waals surface area contributed by atoms with E-state index < -0.39 is 26.6 Å². The predicted octanol–water partition coefficient (Wildman–Crippen LogP) is 4.17. The molecular weight excluding hydrogens is 509 g/mol. The Labute approximate surface area is 207 Å². The lowest BCUT2D eigenvalue weighted by Gasteiger charge is -2.23. The number of nitrogens with one attached hydrogen (secondary N) is 3. The Morgan fingerprint density at radius 3 is 2.53 bits per heavy atom. The van der Waals surface area contributed by atoms with Crippen molar-refractivity contribution in [1.82, 2.24) is 15.3 Å². The fourth-order valence-electron chi connectivity index (χ4n) is 3.62. The number of aromatic nitrogens is 2. The molecule has 2 aromatic carbocycles. The molecule has 0 amide bonds. The molecule has 0 aliphatic carbocycles. The Balaban J connectivity index is 0.00000324. The van der Waals surface area contributed by atoms with Crippen molar-refractivity contribution in [3.63, 3.8) is 0 Å². The smallest absolute Gasteiger partial charge is 0.264 e. The number of likely N-dealkylation sites (N-methyl/N-ethyl adjacent to an activating group) is 1. The van der Waals surface area contributed by atoms with E-state index in [9.17, 15) is 17.2 Å². The summed E-state index contributed by atoms with van der Waals surface area (Å²) >= 11 is 6.31. The van der Waals surface area contributed by atoms with Crippen LogP contribution in [0.15, 0.2) is 53.9 Å². The van der Waals surface area contributed by atoms with Crippen LogP contribution in [0.5, 0.6) is 0 Å². The van der Waals surface area contributed by atoms with Gasteiger partial charge in [-0.25, -0.2) is 27.2 Å². The maximum atomic E-state index is 14.9. The molecule has 3 N–H and O–H groups in total. The van der Waals surface area contributed by atoms with Crippen LogP contribution in [-0.4, -0.2) is 44.6 Å². The van der Waals surface area contributed by atoms with Gasteiger partial charge in [0.05, 0.1) is 40.2 Å². The number of benzene rings is 2. The van der Waals surface area contributed by atoms with Gasteiger partial charge in [0.15, 0.2) is 0 Å². The largest absolute Gasteiger partial charge is 0.368 e. The van der Waals surface area contributed by atoms with Crippen LogP contribution in [0.25, 0.3) is 0 Å². The van der Waals surface area contributed by atoms with Gasteiger partial charge in [-0.1, -0.05) is 11.6 Å². The number of anilines is 4. The van der Waals surface area contributed by atoms with Crippen LogP contribution in [0.3, 0.4) is 0 Å². The number of hydrogen-bond donors (Lipinski definition) is 3. The third-order valence-electron chi connectivity index (χ3n) is 5.29. The van der Waals surface area contributed by atoms with Crippen LogP contribution < -0.4 is 20.3 Å². The molecule has 0 radical (unpaired) electrons. The van der Waals surface area contributed by atoms with E-state index in [0.29, 0.717) is 17.9 Å². The summed E-state index contributed by atoms with van der Waals surface area (Å²) in [5, 5.41) is 6.19. The molecule has 3 aromatic rings. The molecule has 1 aliphatic rings. The van der Waals surface area contributed by atoms with Gasteiger partial charge in [0.1, 0.15) is 22.9 Å². The Kier molecular flexibility index (Phi) is 8.13. The van der Waals surface area contributed by atoms with Crippen molar-refractivity contribution >= 4 is 56.8 Å². The minimum atomic E-state index is -4.27. The first-order chi connectivity index (χ1) is 15.8. The molecule has 0 bridgehead atoms. The molecule has 34 heavy (non-hydrogen) atoms. The van der Waals surface area contributed by atoms with E-state index in [1.807, 2.05) is 11.9 Å². The molecular formula is C21H22Cl2F2N6O2S. The molecule has 4 rings (SSSR count). The van der Waals surface area contributed by atoms with Crippen LogP contribution in [-0.2, 0) is 10.0 Å². The van der Waals surface area contributed by atoms with Crippen LogP contribution in [0.4, 0.5) is 31.5 Å². The van der Waals surface area contributed by atoms with Gasteiger partial charge in [0.25, 0.3) is 10.0 Å². The molecule has 1 fully saturated rings. The SMILES string of the molecule is CNC1CCN(c2cc(F)ccc2Nc2cc(F)c(S(=O)(=O)Nc3cncnc3)cc2Cl)C1.Cl. The van der Waals surface area contributed by atoms with Crippen LogP contribution >= 0.6 is 24.0 Å². The Morgan fingerprint density at radius 2 is 1.85 bits per heavy atom. The standard InChI is InChI=1S/C21H21ClF2N6O2S.ClH/c1-25-14-4-5-30(11-14)20-6-13(23)2-3-18(20)28-19-8-17(24)21(7-16(19)22)33(31,32)29-15-9-26-12-27-10-15;/h2-3,6-10,12,14,25,28-29H,4-5,11H2,1H3;1H. The number of halogens is 4. The van der Waals surface area contributed by atoms with Gasteiger partial charge in [-0.2, -0.15) is 0 Å². The van der Waals surface area contributed by atoms with Crippen LogP contribution in [0.1, 0.15) is 6.42 Å². The summed E-state index contributed by atoms with van der Waals surface area (Å²) in [4.78, 5) is 8.82. The predicted molar refractivity (Wildman–Crippen MR) is 131 cm³/mol. The van der Waals surface area contributed by atoms with Crippen molar-refractivity contribution in [2.75, 3.05) is 35.1 Å². The summed E-state index contributed by atoms with van der Waals surface area (Å²) in [5.41, 5.74) is 1.35. The summed E-state index contributed by atoms with van der Waals surface area (Å²) in [7, 11) is -2.40. The molecule has 13 heteroatoms. The minimum Gasteiger partial charge on any atom is -0.368 e. The molecule has 0 saturated carbocycles. The van der Waals surface area contributed by atoms with Gasteiger partial charge in [-0.15, -0.1) is 12.4 Å². The summed E-state index contributed by atoms with van der Waals surface area (Å²) in [5.74, 6) is -1.41. The lowest BCUT2D eigenvalue weighted by Crippen LogP contribution is -2.29. The van der Waals surface area contributed by atoms with E-state index in [1.54, 1.807) is 0 Å². The monoisotopic (exact) mass is 530 g/mol. The average Bonchev–Trinajstić information content (AvgIpc) is 3.26. The molecule has 182 valence electrons. The Hall–Kier alpha value is -2.73. The zero-order valence-corrected chi connectivity index (χ0v) is 20.3. The van der Waals surface area contributed by atoms with E-state index in [2.05, 4.69) is 25.3 Å². The first kappa shape index (κ1) is 25.9. The number of nitrogens with zero attached hydrogens (tertiary/aromatic N) is 3. The maximum absolute atomic E-state index is 14.9. The average molecular weight is 531 g/mol. The second-order valence-corrected chi connectivity index (χ2v) is 9.56. The van der Waals surface area contributed by atoms with E-state index in [4.69, 9.17) is 11.6 Å². The van der Waals surface area contributed by atoms with E-state index in [0.717, 1.165) is 25.1 Å². The maximum Gasteiger partial charge on any atom is 0.264 e. The number of sulfonamides is 1. The van der Waals surface area contributed by atoms with Gasteiger partial charge < -0.3 is 15.5 Å². The topological polar surface area (TPSA) is 99.2 Å². The number of rotatable bonds is 7. The zero-order valence-electron chi connectivity index (χ0n) is 17.9. The fraction of sp³-hybridized carbons (Fsp3) is 0.238. The van der Waals surface area contributed by atoms with Crippen molar-refractivity contribution < 1.29 is 17.2 Å². The minimum absolute atomic E-state index is 0. The summed E-state index contributed by atoms with van der Waals surface area (Å²) in [6, 6.07) is 6.50. The third kappa shape index (κ3) is 5.66. The van der Waals surface area contributed by atoms with Crippen molar-refractivity contribution in [3.05, 3.63) is 65.7 Å². The first-order valence-corrected chi connectivity index (χ1v) is 11.9. The van der Waals surface area contributed by atoms with Crippen LogP contribution in [0.2, 0.25) is 5.02 Å². The highest BCUT2D eigenvalue weighted by molar-refractivity contribution is 7.92. The lowest BCUT2D eigenvalue weighted by molar-refractivity contribution is 0.570. The molecule has 1 aliphatic heterocycles. The fourth-order valence-corrected chi connectivity index (χ4v) is 5.01. The third-order valence-corrected chi connectivity index (χ3v) is 7.00. The van der Waals surface area contributed by atoms with E-state index >= 15 is 0 Å². The van der Waals surface area contributed by atoms with Crippen molar-refractivity contribution in [3.8, 4) is 0 Å². The second-order valence-electron chi connectivity index (χ2n) is 7.50. The molecule has 1 unspecified atom stereocenters. The van der Waals surface area contributed by atoms with Gasteiger partial charge in [0, 0.05) is 25.2 Å². The Bertz CT molecular complexity index is 1270. The Morgan fingerprint density at radius 1 is 1.12 bits per heavy atom. The van der Waals surface area contributed by atoms with Crippen molar-refractivity contribution in [2.45, 2.75) is 17.4 Å². The van der Waals surface area contributed by atoms with Crippen LogP contribution in [0, 0.1) is 11.6 Å². The zero-order chi connectivity index (χ0) is 23.6. The summed E-state index contributed by atoms with van der Waals surface area (Å²) in [6.07, 6.45) is 4.62. The van der Waals surface area contributed by atoms with Gasteiger partial charge in [-0.05, 0) is 37.7 Å².